The first-order chi connectivity index (χ1) is 13.8. The second kappa shape index (κ2) is 10.9. The number of hydrogen-bond donors (Lipinski definition) is 0. The van der Waals surface area contributed by atoms with Crippen LogP contribution >= 0.6 is 0 Å². The van der Waals surface area contributed by atoms with Gasteiger partial charge in [0.25, 0.3) is 0 Å². The van der Waals surface area contributed by atoms with E-state index in [1.54, 1.807) is 0 Å². The average Bonchev–Trinajstić information content (AvgIpc) is 2.77. The third-order valence-corrected chi connectivity index (χ3v) is 6.03. The van der Waals surface area contributed by atoms with Gasteiger partial charge in [0.15, 0.2) is 0 Å². The highest BCUT2D eigenvalue weighted by Crippen LogP contribution is 2.34. The lowest BCUT2D eigenvalue weighted by molar-refractivity contribution is 0.301. The summed E-state index contributed by atoms with van der Waals surface area (Å²) in [6.45, 7) is 4.47. The third-order valence-electron chi connectivity index (χ3n) is 6.03. The Morgan fingerprint density at radius 3 is 2.29 bits per heavy atom. The summed E-state index contributed by atoms with van der Waals surface area (Å²) in [5.41, 5.74) is 4.84. The van der Waals surface area contributed by atoms with E-state index >= 15 is 0 Å². The Labute approximate surface area is 170 Å². The summed E-state index contributed by atoms with van der Waals surface area (Å²) in [6, 6.07) is 19.2. The van der Waals surface area contributed by atoms with Crippen molar-refractivity contribution in [1.29, 1.82) is 0 Å². The molecule has 0 spiro atoms. The van der Waals surface area contributed by atoms with Gasteiger partial charge in [-0.1, -0.05) is 87.7 Å². The zero-order valence-corrected chi connectivity index (χ0v) is 17.5. The van der Waals surface area contributed by atoms with Gasteiger partial charge in [-0.15, -0.1) is 0 Å². The van der Waals surface area contributed by atoms with Crippen molar-refractivity contribution in [2.75, 3.05) is 0 Å². The molecule has 0 aliphatic heterocycles. The van der Waals surface area contributed by atoms with E-state index in [9.17, 15) is 0 Å². The first kappa shape index (κ1) is 20.5. The van der Waals surface area contributed by atoms with Crippen LogP contribution in [0, 0.1) is 11.8 Å². The summed E-state index contributed by atoms with van der Waals surface area (Å²) in [5.74, 6) is 1.44. The van der Waals surface area contributed by atoms with Crippen LogP contribution in [-0.2, 0) is 6.42 Å². The van der Waals surface area contributed by atoms with Crippen LogP contribution in [0.15, 0.2) is 64.8 Å². The second-order valence-corrected chi connectivity index (χ2v) is 8.05. The van der Waals surface area contributed by atoms with Gasteiger partial charge in [0.1, 0.15) is 0 Å². The van der Waals surface area contributed by atoms with E-state index in [2.05, 4.69) is 73.5 Å². The minimum absolute atomic E-state index is 0.528. The van der Waals surface area contributed by atoms with Crippen molar-refractivity contribution in [3.63, 3.8) is 0 Å². The van der Waals surface area contributed by atoms with Crippen LogP contribution in [0.25, 0.3) is 0 Å². The molecule has 1 aliphatic rings. The lowest BCUT2D eigenvalue weighted by Gasteiger charge is -2.29. The Balaban J connectivity index is 1.72. The predicted octanol–water partition coefficient (Wildman–Crippen LogP) is 7.07. The molecule has 0 saturated heterocycles. The molecule has 1 fully saturated rings. The Morgan fingerprint density at radius 2 is 1.64 bits per heavy atom. The first-order valence-corrected chi connectivity index (χ1v) is 11.1. The summed E-state index contributed by atoms with van der Waals surface area (Å²) >= 11 is 0. The van der Waals surface area contributed by atoms with Crippen molar-refractivity contribution < 1.29 is 0 Å². The predicted molar refractivity (Wildman–Crippen MR) is 121 cm³/mol. The molecular formula is C26H34N2. The van der Waals surface area contributed by atoms with Crippen LogP contribution in [0.2, 0.25) is 0 Å². The molecule has 0 heterocycles. The normalized spacial score (nSPS) is 20.6. The average molecular weight is 375 g/mol. The van der Waals surface area contributed by atoms with Crippen molar-refractivity contribution in [3.8, 4) is 0 Å². The van der Waals surface area contributed by atoms with E-state index in [-0.39, 0.29) is 0 Å². The molecule has 1 aliphatic carbocycles. The van der Waals surface area contributed by atoms with Crippen molar-refractivity contribution in [2.45, 2.75) is 65.2 Å². The van der Waals surface area contributed by atoms with Crippen molar-refractivity contribution >= 4 is 11.9 Å². The minimum atomic E-state index is 0.528. The third kappa shape index (κ3) is 5.89. The van der Waals surface area contributed by atoms with E-state index in [0.717, 1.165) is 23.6 Å². The van der Waals surface area contributed by atoms with Gasteiger partial charge in [-0.25, -0.2) is 0 Å². The Bertz CT molecular complexity index is 751. The summed E-state index contributed by atoms with van der Waals surface area (Å²) in [4.78, 5) is 0. The number of aryl methyl sites for hydroxylation is 1. The maximum absolute atomic E-state index is 4.73. The van der Waals surface area contributed by atoms with Crippen LogP contribution in [0.1, 0.15) is 75.5 Å². The van der Waals surface area contributed by atoms with Gasteiger partial charge in [-0.3, -0.25) is 0 Å². The molecule has 28 heavy (non-hydrogen) atoms. The molecule has 3 rings (SSSR count). The highest BCUT2D eigenvalue weighted by atomic mass is 15.2. The summed E-state index contributed by atoms with van der Waals surface area (Å²) in [5, 5.41) is 9.21. The van der Waals surface area contributed by atoms with E-state index in [4.69, 9.17) is 5.10 Å². The molecule has 2 aromatic carbocycles. The van der Waals surface area contributed by atoms with E-state index in [0.29, 0.717) is 5.92 Å². The van der Waals surface area contributed by atoms with Crippen LogP contribution in [0.3, 0.4) is 0 Å². The van der Waals surface area contributed by atoms with Gasteiger partial charge < -0.3 is 0 Å². The van der Waals surface area contributed by atoms with Gasteiger partial charge >= 0.3 is 0 Å². The molecule has 2 nitrogen and oxygen atoms in total. The molecule has 148 valence electrons. The minimum Gasteiger partial charge on any atom is -0.158 e. The molecule has 0 unspecified atom stereocenters. The molecule has 0 radical (unpaired) electrons. The number of rotatable bonds is 8. The molecule has 1 saturated carbocycles. The van der Waals surface area contributed by atoms with Crippen LogP contribution < -0.4 is 0 Å². The van der Waals surface area contributed by atoms with Gasteiger partial charge in [0.2, 0.25) is 0 Å². The SMILES string of the molecule is CCCCC1CCC(C(=NN=Cc2ccc(CC)cc2)c2ccccc2)CC1. The smallest absolute Gasteiger partial charge is 0.0733 e. The molecule has 0 aromatic heterocycles. The van der Waals surface area contributed by atoms with Crippen molar-refractivity contribution in [3.05, 3.63) is 71.3 Å². The first-order valence-electron chi connectivity index (χ1n) is 11.1. The molecule has 0 bridgehead atoms. The summed E-state index contributed by atoms with van der Waals surface area (Å²) in [7, 11) is 0. The van der Waals surface area contributed by atoms with Gasteiger partial charge in [0, 0.05) is 5.92 Å². The van der Waals surface area contributed by atoms with Crippen LogP contribution in [0.4, 0.5) is 0 Å². The summed E-state index contributed by atoms with van der Waals surface area (Å²) in [6.07, 6.45) is 12.2. The molecule has 0 N–H and O–H groups in total. The maximum Gasteiger partial charge on any atom is 0.0733 e. The van der Waals surface area contributed by atoms with Crippen LogP contribution in [-0.4, -0.2) is 11.9 Å². The molecule has 2 heteroatoms. The molecule has 0 atom stereocenters. The fourth-order valence-corrected chi connectivity index (χ4v) is 4.20. The number of benzene rings is 2. The lowest BCUT2D eigenvalue weighted by Crippen LogP contribution is -2.22. The number of unbranched alkanes of at least 4 members (excludes halogenated alkanes) is 1. The van der Waals surface area contributed by atoms with Crippen molar-refractivity contribution in [1.82, 2.24) is 0 Å². The van der Waals surface area contributed by atoms with Gasteiger partial charge in [-0.2, -0.15) is 10.2 Å². The van der Waals surface area contributed by atoms with E-state index in [1.165, 1.54) is 56.1 Å². The molecular weight excluding hydrogens is 340 g/mol. The Morgan fingerprint density at radius 1 is 0.929 bits per heavy atom. The highest BCUT2D eigenvalue weighted by molar-refractivity contribution is 6.02. The summed E-state index contributed by atoms with van der Waals surface area (Å²) < 4.78 is 0. The molecule has 0 amide bonds. The Kier molecular flexibility index (Phi) is 8.02. The van der Waals surface area contributed by atoms with Gasteiger partial charge in [0.05, 0.1) is 11.9 Å². The van der Waals surface area contributed by atoms with E-state index in [1.807, 2.05) is 6.21 Å². The zero-order valence-electron chi connectivity index (χ0n) is 17.5. The topological polar surface area (TPSA) is 24.7 Å². The standard InChI is InChI=1S/C26H34N2/c1-3-5-9-22-16-18-25(19-17-22)26(24-10-7-6-8-11-24)28-27-20-23-14-12-21(4-2)13-15-23/h6-8,10-15,20,22,25H,3-5,9,16-19H2,1-2H3. The van der Waals surface area contributed by atoms with Crippen molar-refractivity contribution in [2.24, 2.45) is 22.0 Å². The zero-order chi connectivity index (χ0) is 19.6. The van der Waals surface area contributed by atoms with E-state index < -0.39 is 0 Å². The molecule has 2 aromatic rings. The monoisotopic (exact) mass is 374 g/mol. The van der Waals surface area contributed by atoms with Gasteiger partial charge in [-0.05, 0) is 54.7 Å². The lowest BCUT2D eigenvalue weighted by atomic mass is 9.76. The maximum atomic E-state index is 4.73. The quantitative estimate of drug-likeness (QED) is 0.349. The Hall–Kier alpha value is -2.22. The largest absolute Gasteiger partial charge is 0.158 e. The van der Waals surface area contributed by atoms with Crippen LogP contribution in [0.5, 0.6) is 0 Å². The number of nitrogens with zero attached hydrogens (tertiary/aromatic N) is 2. The second-order valence-electron chi connectivity index (χ2n) is 8.05. The number of hydrogen-bond acceptors (Lipinski definition) is 2. The fourth-order valence-electron chi connectivity index (χ4n) is 4.20. The fraction of sp³-hybridized carbons (Fsp3) is 0.462. The highest BCUT2D eigenvalue weighted by Gasteiger charge is 2.25.